The van der Waals surface area contributed by atoms with Crippen LogP contribution >= 0.6 is 11.3 Å². The first-order valence-electron chi connectivity index (χ1n) is 10.0. The Hall–Kier alpha value is -2.98. The SMILES string of the molecule is CNC(=O)OC(c1cc(-c2cccnc2F)c(S(=O)(=O)c2cccc(OC)c2)s1)C(C)(C)C. The second kappa shape index (κ2) is 9.48. The molecule has 0 bridgehead atoms. The topological polar surface area (TPSA) is 94.6 Å². The quantitative estimate of drug-likeness (QED) is 0.473. The number of aromatic nitrogens is 1. The smallest absolute Gasteiger partial charge is 0.407 e. The van der Waals surface area contributed by atoms with Crippen LogP contribution in [0.25, 0.3) is 11.1 Å². The van der Waals surface area contributed by atoms with E-state index in [-0.39, 0.29) is 20.2 Å². The van der Waals surface area contributed by atoms with E-state index in [0.29, 0.717) is 10.6 Å². The van der Waals surface area contributed by atoms with Crippen LogP contribution in [0.2, 0.25) is 0 Å². The minimum atomic E-state index is -4.07. The van der Waals surface area contributed by atoms with E-state index in [9.17, 15) is 17.6 Å². The van der Waals surface area contributed by atoms with Gasteiger partial charge in [0.05, 0.1) is 12.0 Å². The number of nitrogens with one attached hydrogen (secondary N) is 1. The molecular weight excluding hydrogens is 467 g/mol. The second-order valence-corrected chi connectivity index (χ2v) is 11.5. The maximum atomic E-state index is 14.7. The van der Waals surface area contributed by atoms with Gasteiger partial charge >= 0.3 is 6.09 Å². The Morgan fingerprint density at radius 3 is 2.48 bits per heavy atom. The van der Waals surface area contributed by atoms with Crippen molar-refractivity contribution in [1.82, 2.24) is 10.3 Å². The lowest BCUT2D eigenvalue weighted by Gasteiger charge is -2.29. The predicted octanol–water partition coefficient (Wildman–Crippen LogP) is 5.23. The first-order chi connectivity index (χ1) is 15.5. The molecule has 0 fully saturated rings. The van der Waals surface area contributed by atoms with Gasteiger partial charge in [-0.2, -0.15) is 4.39 Å². The highest BCUT2D eigenvalue weighted by molar-refractivity contribution is 7.93. The number of amides is 1. The molecule has 1 unspecified atom stereocenters. The van der Waals surface area contributed by atoms with Crippen molar-refractivity contribution in [3.63, 3.8) is 0 Å². The van der Waals surface area contributed by atoms with E-state index in [1.165, 1.54) is 44.6 Å². The largest absolute Gasteiger partial charge is 0.497 e. The first kappa shape index (κ1) is 24.7. The van der Waals surface area contributed by atoms with Gasteiger partial charge < -0.3 is 14.8 Å². The summed E-state index contributed by atoms with van der Waals surface area (Å²) in [5.74, 6) is -0.430. The number of halogens is 1. The summed E-state index contributed by atoms with van der Waals surface area (Å²) in [6.45, 7) is 5.59. The molecule has 33 heavy (non-hydrogen) atoms. The normalized spacial score (nSPS) is 12.8. The van der Waals surface area contributed by atoms with Crippen molar-refractivity contribution in [2.24, 2.45) is 5.41 Å². The lowest BCUT2D eigenvalue weighted by Crippen LogP contribution is -2.28. The van der Waals surface area contributed by atoms with E-state index in [0.717, 1.165) is 11.3 Å². The van der Waals surface area contributed by atoms with Gasteiger partial charge in [-0.05, 0) is 36.4 Å². The molecule has 1 atom stereocenters. The fourth-order valence-corrected chi connectivity index (χ4v) is 6.60. The Kier molecular flexibility index (Phi) is 7.08. The maximum Gasteiger partial charge on any atom is 0.407 e. The molecule has 10 heteroatoms. The van der Waals surface area contributed by atoms with Crippen molar-refractivity contribution in [1.29, 1.82) is 0 Å². The average Bonchev–Trinajstić information content (AvgIpc) is 3.22. The molecule has 0 radical (unpaired) electrons. The molecule has 0 aliphatic heterocycles. The fraction of sp³-hybridized carbons (Fsp3) is 0.304. The van der Waals surface area contributed by atoms with Crippen LogP contribution in [-0.2, 0) is 14.6 Å². The van der Waals surface area contributed by atoms with Crippen molar-refractivity contribution in [3.05, 3.63) is 59.5 Å². The number of thiophene rings is 1. The number of hydrogen-bond donors (Lipinski definition) is 1. The van der Waals surface area contributed by atoms with Gasteiger partial charge in [-0.1, -0.05) is 26.8 Å². The third kappa shape index (κ3) is 5.17. The second-order valence-electron chi connectivity index (χ2n) is 8.28. The Morgan fingerprint density at radius 1 is 1.15 bits per heavy atom. The molecule has 2 aromatic heterocycles. The molecule has 176 valence electrons. The molecule has 1 N–H and O–H groups in total. The molecule has 3 aromatic rings. The zero-order valence-electron chi connectivity index (χ0n) is 18.9. The Balaban J connectivity index is 2.27. The molecule has 0 aliphatic carbocycles. The summed E-state index contributed by atoms with van der Waals surface area (Å²) in [5, 5.41) is 2.41. The number of ether oxygens (including phenoxy) is 2. The molecule has 0 saturated heterocycles. The molecule has 1 amide bonds. The third-order valence-corrected chi connectivity index (χ3v) is 8.30. The van der Waals surface area contributed by atoms with Crippen LogP contribution in [0.15, 0.2) is 57.8 Å². The Morgan fingerprint density at radius 2 is 1.88 bits per heavy atom. The van der Waals surface area contributed by atoms with Crippen molar-refractivity contribution < 1.29 is 27.1 Å². The van der Waals surface area contributed by atoms with Crippen LogP contribution in [0.3, 0.4) is 0 Å². The van der Waals surface area contributed by atoms with E-state index in [2.05, 4.69) is 10.3 Å². The van der Waals surface area contributed by atoms with E-state index in [4.69, 9.17) is 9.47 Å². The van der Waals surface area contributed by atoms with E-state index in [1.807, 2.05) is 20.8 Å². The van der Waals surface area contributed by atoms with E-state index >= 15 is 0 Å². The Labute approximate surface area is 196 Å². The van der Waals surface area contributed by atoms with Gasteiger partial charge in [0.15, 0.2) is 0 Å². The molecule has 0 saturated carbocycles. The van der Waals surface area contributed by atoms with Gasteiger partial charge in [0, 0.05) is 34.7 Å². The minimum absolute atomic E-state index is 0.000303. The van der Waals surface area contributed by atoms with Gasteiger partial charge in [-0.3, -0.25) is 0 Å². The number of methoxy groups -OCH3 is 1. The number of pyridine rings is 1. The summed E-state index contributed by atoms with van der Waals surface area (Å²) in [6.07, 6.45) is -0.153. The molecule has 0 aliphatic rings. The predicted molar refractivity (Wildman–Crippen MR) is 124 cm³/mol. The molecule has 1 aromatic carbocycles. The highest BCUT2D eigenvalue weighted by Crippen LogP contribution is 2.46. The Bertz CT molecular complexity index is 1270. The molecular formula is C23H25FN2O5S2. The molecule has 3 rings (SSSR count). The summed E-state index contributed by atoms with van der Waals surface area (Å²) in [7, 11) is -1.20. The highest BCUT2D eigenvalue weighted by atomic mass is 32.2. The lowest BCUT2D eigenvalue weighted by atomic mass is 9.87. The summed E-state index contributed by atoms with van der Waals surface area (Å²) < 4.78 is 52.7. The van der Waals surface area contributed by atoms with Gasteiger partial charge in [-0.25, -0.2) is 18.2 Å². The average molecular weight is 493 g/mol. The summed E-state index contributed by atoms with van der Waals surface area (Å²) in [4.78, 5) is 16.2. The standard InChI is InChI=1S/C23H25FN2O5S2/c1-23(2,3)19(31-22(27)25-4)18-13-17(16-10-7-11-26-20(16)24)21(32-18)33(28,29)15-9-6-8-14(12-15)30-5/h6-13,19H,1-5H3,(H,25,27). The van der Waals surface area contributed by atoms with E-state index < -0.39 is 33.4 Å². The zero-order valence-corrected chi connectivity index (χ0v) is 20.5. The third-order valence-electron chi connectivity index (χ3n) is 4.84. The minimum Gasteiger partial charge on any atom is -0.497 e. The number of sulfone groups is 1. The van der Waals surface area contributed by atoms with Crippen molar-refractivity contribution >= 4 is 27.3 Å². The summed E-state index contributed by atoms with van der Waals surface area (Å²) >= 11 is 0.938. The van der Waals surface area contributed by atoms with Gasteiger partial charge in [-0.15, -0.1) is 11.3 Å². The lowest BCUT2D eigenvalue weighted by molar-refractivity contribution is 0.0338. The van der Waals surface area contributed by atoms with Crippen LogP contribution in [0.5, 0.6) is 5.75 Å². The van der Waals surface area contributed by atoms with Gasteiger partial charge in [0.1, 0.15) is 16.1 Å². The van der Waals surface area contributed by atoms with E-state index in [1.54, 1.807) is 18.2 Å². The molecule has 2 heterocycles. The van der Waals surface area contributed by atoms with Crippen LogP contribution in [0.4, 0.5) is 9.18 Å². The first-order valence-corrected chi connectivity index (χ1v) is 12.3. The molecule has 7 nitrogen and oxygen atoms in total. The molecule has 0 spiro atoms. The highest BCUT2D eigenvalue weighted by Gasteiger charge is 2.35. The number of hydrogen-bond acceptors (Lipinski definition) is 7. The van der Waals surface area contributed by atoms with Crippen LogP contribution < -0.4 is 10.1 Å². The summed E-state index contributed by atoms with van der Waals surface area (Å²) in [6, 6.07) is 10.6. The number of carbonyl (C=O) groups excluding carboxylic acids is 1. The van der Waals surface area contributed by atoms with Crippen molar-refractivity contribution in [2.75, 3.05) is 14.2 Å². The number of nitrogens with zero attached hydrogens (tertiary/aromatic N) is 1. The zero-order chi connectivity index (χ0) is 24.4. The van der Waals surface area contributed by atoms with Crippen molar-refractivity contribution in [3.8, 4) is 16.9 Å². The van der Waals surface area contributed by atoms with Crippen LogP contribution in [0.1, 0.15) is 31.8 Å². The number of carbonyl (C=O) groups is 1. The monoisotopic (exact) mass is 492 g/mol. The number of rotatable bonds is 6. The van der Waals surface area contributed by atoms with Crippen LogP contribution in [0, 0.1) is 11.4 Å². The van der Waals surface area contributed by atoms with Gasteiger partial charge in [0.2, 0.25) is 15.8 Å². The van der Waals surface area contributed by atoms with Crippen molar-refractivity contribution in [2.45, 2.75) is 36.0 Å². The maximum absolute atomic E-state index is 14.7. The fourth-order valence-electron chi connectivity index (χ4n) is 3.20. The summed E-state index contributed by atoms with van der Waals surface area (Å²) in [5.41, 5.74) is -0.383. The van der Waals surface area contributed by atoms with Gasteiger partial charge in [0.25, 0.3) is 0 Å². The van der Waals surface area contributed by atoms with Crippen LogP contribution in [-0.4, -0.2) is 33.7 Å². The number of benzene rings is 1. The number of alkyl carbamates (subject to hydrolysis) is 1.